The number of hydrogen-bond donors (Lipinski definition) is 1. The Bertz CT molecular complexity index is 1000. The Hall–Kier alpha value is -3.19. The quantitative estimate of drug-likeness (QED) is 0.463. The van der Waals surface area contributed by atoms with Crippen molar-refractivity contribution in [2.75, 3.05) is 37.6 Å². The molecule has 1 aliphatic rings. The average Bonchev–Trinajstić information content (AvgIpc) is 2.84. The second kappa shape index (κ2) is 12.9. The Morgan fingerprint density at radius 3 is 2.41 bits per heavy atom. The first-order valence-electron chi connectivity index (χ1n) is 12.1. The summed E-state index contributed by atoms with van der Waals surface area (Å²) < 4.78 is 19.9. The first-order valence-corrected chi connectivity index (χ1v) is 12.1. The second-order valence-corrected chi connectivity index (χ2v) is 8.39. The highest BCUT2D eigenvalue weighted by Crippen LogP contribution is 2.35. The smallest absolute Gasteiger partial charge is 0.294 e. The molecule has 0 fully saturated rings. The summed E-state index contributed by atoms with van der Waals surface area (Å²) in [5.41, 5.74) is 0.759. The highest BCUT2D eigenvalue weighted by atomic mass is 19.1. The van der Waals surface area contributed by atoms with E-state index in [2.05, 4.69) is 24.1 Å². The standard InChI is InChI=1S/C27H34FN3O3/c1-3-5-16-30(17-6-4-2)18-15-29-26(32)20-31-23-13-9-10-14-24(23)34-25(27(31)33)19-21-11-7-8-12-22(21)28/h7-14,19H,3-6,15-18,20H2,1-2H3,(H,29,32)/b25-19-. The van der Waals surface area contributed by atoms with Gasteiger partial charge < -0.3 is 15.0 Å². The van der Waals surface area contributed by atoms with Crippen LogP contribution in [0.15, 0.2) is 54.3 Å². The van der Waals surface area contributed by atoms with Crippen LogP contribution in [0.3, 0.4) is 0 Å². The SMILES string of the molecule is CCCCN(CCCC)CCNC(=O)CN1C(=O)/C(=C/c2ccccc2F)Oc2ccccc21. The number of rotatable bonds is 12. The van der Waals surface area contributed by atoms with Crippen molar-refractivity contribution in [2.45, 2.75) is 39.5 Å². The van der Waals surface area contributed by atoms with Crippen LogP contribution in [-0.2, 0) is 9.59 Å². The fourth-order valence-electron chi connectivity index (χ4n) is 3.80. The highest BCUT2D eigenvalue weighted by Gasteiger charge is 2.31. The Labute approximate surface area is 201 Å². The molecule has 0 aromatic heterocycles. The molecule has 0 aliphatic carbocycles. The molecular weight excluding hydrogens is 433 g/mol. The topological polar surface area (TPSA) is 61.9 Å². The molecule has 2 aromatic rings. The predicted molar refractivity (Wildman–Crippen MR) is 133 cm³/mol. The van der Waals surface area contributed by atoms with Gasteiger partial charge in [0.15, 0.2) is 11.5 Å². The Morgan fingerprint density at radius 1 is 1.03 bits per heavy atom. The summed E-state index contributed by atoms with van der Waals surface area (Å²) in [6, 6.07) is 13.2. The molecule has 0 atom stereocenters. The molecule has 0 saturated heterocycles. The van der Waals surface area contributed by atoms with Crippen LogP contribution in [0.4, 0.5) is 10.1 Å². The molecule has 0 radical (unpaired) electrons. The fourth-order valence-corrected chi connectivity index (χ4v) is 3.80. The van der Waals surface area contributed by atoms with E-state index in [9.17, 15) is 14.0 Å². The van der Waals surface area contributed by atoms with Gasteiger partial charge in [0.1, 0.15) is 12.4 Å². The zero-order valence-electron chi connectivity index (χ0n) is 20.1. The Kier molecular flexibility index (Phi) is 9.64. The molecule has 0 bridgehead atoms. The average molecular weight is 468 g/mol. The van der Waals surface area contributed by atoms with Crippen molar-refractivity contribution in [1.29, 1.82) is 0 Å². The van der Waals surface area contributed by atoms with Crippen molar-refractivity contribution in [3.05, 3.63) is 65.7 Å². The van der Waals surface area contributed by atoms with Crippen molar-refractivity contribution in [2.24, 2.45) is 0 Å². The number of halogens is 1. The lowest BCUT2D eigenvalue weighted by molar-refractivity contribution is -0.123. The number of para-hydroxylation sites is 2. The molecule has 3 rings (SSSR count). The lowest BCUT2D eigenvalue weighted by Crippen LogP contribution is -2.45. The lowest BCUT2D eigenvalue weighted by atomic mass is 10.1. The largest absolute Gasteiger partial charge is 0.449 e. The monoisotopic (exact) mass is 467 g/mol. The number of anilines is 1. The van der Waals surface area contributed by atoms with Crippen LogP contribution in [0, 0.1) is 5.82 Å². The fraction of sp³-hybridized carbons (Fsp3) is 0.407. The summed E-state index contributed by atoms with van der Waals surface area (Å²) in [4.78, 5) is 29.7. The number of benzene rings is 2. The third kappa shape index (κ3) is 6.90. The molecule has 0 unspecified atom stereocenters. The number of ether oxygens (including phenoxy) is 1. The molecule has 34 heavy (non-hydrogen) atoms. The Morgan fingerprint density at radius 2 is 1.71 bits per heavy atom. The summed E-state index contributed by atoms with van der Waals surface area (Å²) in [5, 5.41) is 2.94. The second-order valence-electron chi connectivity index (χ2n) is 8.39. The van der Waals surface area contributed by atoms with Crippen LogP contribution >= 0.6 is 0 Å². The van der Waals surface area contributed by atoms with E-state index in [4.69, 9.17) is 4.74 Å². The number of amides is 2. The van der Waals surface area contributed by atoms with E-state index in [1.807, 2.05) is 0 Å². The van der Waals surface area contributed by atoms with E-state index in [1.165, 1.54) is 17.0 Å². The number of nitrogens with one attached hydrogen (secondary N) is 1. The molecule has 0 saturated carbocycles. The van der Waals surface area contributed by atoms with Crippen LogP contribution in [0.1, 0.15) is 45.1 Å². The number of nitrogens with zero attached hydrogens (tertiary/aromatic N) is 2. The first-order chi connectivity index (χ1) is 16.5. The van der Waals surface area contributed by atoms with Gasteiger partial charge in [-0.1, -0.05) is 57.0 Å². The molecular formula is C27H34FN3O3. The molecule has 1 heterocycles. The van der Waals surface area contributed by atoms with Crippen molar-refractivity contribution < 1.29 is 18.7 Å². The highest BCUT2D eigenvalue weighted by molar-refractivity contribution is 6.12. The van der Waals surface area contributed by atoms with Crippen LogP contribution in [0.2, 0.25) is 0 Å². The van der Waals surface area contributed by atoms with Crippen molar-refractivity contribution in [3.8, 4) is 5.75 Å². The van der Waals surface area contributed by atoms with Crippen LogP contribution in [-0.4, -0.2) is 49.4 Å². The maximum absolute atomic E-state index is 14.1. The van der Waals surface area contributed by atoms with Gasteiger partial charge in [-0.3, -0.25) is 14.5 Å². The number of carbonyl (C=O) groups is 2. The molecule has 6 nitrogen and oxygen atoms in total. The third-order valence-corrected chi connectivity index (χ3v) is 5.73. The predicted octanol–water partition coefficient (Wildman–Crippen LogP) is 4.61. The van der Waals surface area contributed by atoms with Gasteiger partial charge in [-0.25, -0.2) is 4.39 Å². The first kappa shape index (κ1) is 25.4. The summed E-state index contributed by atoms with van der Waals surface area (Å²) in [5.74, 6) is -0.763. The maximum Gasteiger partial charge on any atom is 0.294 e. The van der Waals surface area contributed by atoms with Crippen LogP contribution in [0.5, 0.6) is 5.75 Å². The van der Waals surface area contributed by atoms with Gasteiger partial charge in [0, 0.05) is 18.7 Å². The number of hydrogen-bond acceptors (Lipinski definition) is 4. The van der Waals surface area contributed by atoms with Gasteiger partial charge >= 0.3 is 0 Å². The van der Waals surface area contributed by atoms with E-state index in [0.29, 0.717) is 18.0 Å². The van der Waals surface area contributed by atoms with E-state index in [-0.39, 0.29) is 23.8 Å². The third-order valence-electron chi connectivity index (χ3n) is 5.73. The van der Waals surface area contributed by atoms with Crippen molar-refractivity contribution in [1.82, 2.24) is 10.2 Å². The zero-order chi connectivity index (χ0) is 24.3. The maximum atomic E-state index is 14.1. The minimum atomic E-state index is -0.482. The van der Waals surface area contributed by atoms with E-state index < -0.39 is 11.7 Å². The number of fused-ring (bicyclic) bond motifs is 1. The molecule has 2 aromatic carbocycles. The lowest BCUT2D eigenvalue weighted by Gasteiger charge is -2.30. The molecule has 2 amide bonds. The number of carbonyl (C=O) groups excluding carboxylic acids is 2. The Balaban J connectivity index is 1.68. The van der Waals surface area contributed by atoms with Gasteiger partial charge in [0.25, 0.3) is 5.91 Å². The normalized spacial score (nSPS) is 14.3. The zero-order valence-corrected chi connectivity index (χ0v) is 20.1. The van der Waals surface area contributed by atoms with Gasteiger partial charge in [-0.2, -0.15) is 0 Å². The van der Waals surface area contributed by atoms with E-state index >= 15 is 0 Å². The van der Waals surface area contributed by atoms with Gasteiger partial charge in [-0.05, 0) is 50.2 Å². The van der Waals surface area contributed by atoms with E-state index in [1.54, 1.807) is 42.5 Å². The summed E-state index contributed by atoms with van der Waals surface area (Å²) >= 11 is 0. The van der Waals surface area contributed by atoms with Crippen molar-refractivity contribution in [3.63, 3.8) is 0 Å². The molecule has 0 spiro atoms. The van der Waals surface area contributed by atoms with Crippen molar-refractivity contribution >= 4 is 23.6 Å². The van der Waals surface area contributed by atoms with Crippen LogP contribution in [0.25, 0.3) is 6.08 Å². The molecule has 1 aliphatic heterocycles. The minimum absolute atomic E-state index is 0.0260. The summed E-state index contributed by atoms with van der Waals surface area (Å²) in [6.07, 6.45) is 5.91. The van der Waals surface area contributed by atoms with Gasteiger partial charge in [0.2, 0.25) is 5.91 Å². The number of unbranched alkanes of at least 4 members (excludes halogenated alkanes) is 2. The summed E-state index contributed by atoms with van der Waals surface area (Å²) in [7, 11) is 0. The molecule has 7 heteroatoms. The minimum Gasteiger partial charge on any atom is -0.449 e. The van der Waals surface area contributed by atoms with Crippen LogP contribution < -0.4 is 15.0 Å². The van der Waals surface area contributed by atoms with Gasteiger partial charge in [0.05, 0.1) is 5.69 Å². The van der Waals surface area contributed by atoms with Gasteiger partial charge in [-0.15, -0.1) is 0 Å². The summed E-state index contributed by atoms with van der Waals surface area (Å²) in [6.45, 7) is 7.54. The van der Waals surface area contributed by atoms with E-state index in [0.717, 1.165) is 45.3 Å². The molecule has 182 valence electrons. The molecule has 1 N–H and O–H groups in total.